The first-order valence-corrected chi connectivity index (χ1v) is 6.97. The minimum Gasteiger partial charge on any atom is -0.443 e. The molecule has 106 valence electrons. The lowest BCUT2D eigenvalue weighted by atomic mass is 9.92. The number of rotatable bonds is 5. The number of carbonyl (C=O) groups is 1. The van der Waals surface area contributed by atoms with Crippen molar-refractivity contribution in [3.63, 3.8) is 0 Å². The lowest BCUT2D eigenvalue weighted by Gasteiger charge is -2.26. The van der Waals surface area contributed by atoms with Crippen molar-refractivity contribution < 1.29 is 14.6 Å². The molecule has 1 amide bonds. The van der Waals surface area contributed by atoms with Crippen molar-refractivity contribution in [3.05, 3.63) is 32.4 Å². The number of ether oxygens (including phenoxy) is 1. The Morgan fingerprint density at radius 3 is 2.53 bits per heavy atom. The molecule has 0 aromatic heterocycles. The van der Waals surface area contributed by atoms with E-state index in [1.54, 1.807) is 13.8 Å². The third-order valence-electron chi connectivity index (χ3n) is 2.83. The second kappa shape index (κ2) is 6.53. The molecule has 1 rings (SSSR count). The minimum atomic E-state index is -0.799. The first-order valence-electron chi connectivity index (χ1n) is 5.89. The van der Waals surface area contributed by atoms with Crippen molar-refractivity contribution in [2.24, 2.45) is 11.5 Å². The molecule has 0 saturated carbocycles. The molecule has 0 radical (unpaired) electrons. The largest absolute Gasteiger partial charge is 0.443 e. The highest BCUT2D eigenvalue weighted by molar-refractivity contribution is 14.1. The second-order valence-corrected chi connectivity index (χ2v) is 6.05. The number of primary amides is 1. The van der Waals surface area contributed by atoms with E-state index in [9.17, 15) is 9.90 Å². The SMILES string of the molecule is CC(C)(Cc1ccc(I)c(CO)c1CN)OC(N)=O. The number of hydrogen-bond donors (Lipinski definition) is 3. The summed E-state index contributed by atoms with van der Waals surface area (Å²) in [5.74, 6) is 0. The fourth-order valence-electron chi connectivity index (χ4n) is 2.07. The molecule has 0 saturated heterocycles. The molecule has 1 aromatic rings. The third kappa shape index (κ3) is 4.32. The van der Waals surface area contributed by atoms with E-state index in [1.165, 1.54) is 0 Å². The zero-order chi connectivity index (χ0) is 14.6. The van der Waals surface area contributed by atoms with Gasteiger partial charge in [-0.05, 0) is 59.2 Å². The highest BCUT2D eigenvalue weighted by Gasteiger charge is 2.24. The Morgan fingerprint density at radius 1 is 1.42 bits per heavy atom. The fourth-order valence-corrected chi connectivity index (χ4v) is 2.75. The Bertz CT molecular complexity index is 475. The molecule has 0 aliphatic rings. The van der Waals surface area contributed by atoms with E-state index in [2.05, 4.69) is 22.6 Å². The topological polar surface area (TPSA) is 98.6 Å². The van der Waals surface area contributed by atoms with E-state index >= 15 is 0 Å². The van der Waals surface area contributed by atoms with Gasteiger partial charge >= 0.3 is 6.09 Å². The molecular formula is C13H19IN2O3. The van der Waals surface area contributed by atoms with Crippen LogP contribution >= 0.6 is 22.6 Å². The molecule has 19 heavy (non-hydrogen) atoms. The third-order valence-corrected chi connectivity index (χ3v) is 3.84. The lowest BCUT2D eigenvalue weighted by molar-refractivity contribution is 0.0458. The Kier molecular flexibility index (Phi) is 5.57. The fraction of sp³-hybridized carbons (Fsp3) is 0.462. The monoisotopic (exact) mass is 378 g/mol. The molecule has 1 aromatic carbocycles. The Labute approximate surface area is 126 Å². The zero-order valence-electron chi connectivity index (χ0n) is 11.1. The highest BCUT2D eigenvalue weighted by Crippen LogP contribution is 2.25. The number of hydrogen-bond acceptors (Lipinski definition) is 4. The van der Waals surface area contributed by atoms with Gasteiger partial charge in [-0.25, -0.2) is 4.79 Å². The maximum Gasteiger partial charge on any atom is 0.405 e. The quantitative estimate of drug-likeness (QED) is 0.679. The molecule has 0 unspecified atom stereocenters. The van der Waals surface area contributed by atoms with Gasteiger partial charge in [-0.3, -0.25) is 0 Å². The summed E-state index contributed by atoms with van der Waals surface area (Å²) < 4.78 is 6.05. The Balaban J connectivity index is 3.11. The van der Waals surface area contributed by atoms with Crippen LogP contribution in [-0.4, -0.2) is 16.8 Å². The Hall–Kier alpha value is -0.860. The summed E-state index contributed by atoms with van der Waals surface area (Å²) in [6.45, 7) is 3.84. The van der Waals surface area contributed by atoms with Gasteiger partial charge in [0, 0.05) is 16.5 Å². The second-order valence-electron chi connectivity index (χ2n) is 4.88. The van der Waals surface area contributed by atoms with Crippen LogP contribution in [0.25, 0.3) is 0 Å². The summed E-state index contributed by atoms with van der Waals surface area (Å²) in [6.07, 6.45) is -0.306. The van der Waals surface area contributed by atoms with Gasteiger partial charge in [0.25, 0.3) is 0 Å². The van der Waals surface area contributed by atoms with Gasteiger partial charge < -0.3 is 21.3 Å². The number of amides is 1. The van der Waals surface area contributed by atoms with Gasteiger partial charge in [-0.1, -0.05) is 6.07 Å². The van der Waals surface area contributed by atoms with Crippen molar-refractivity contribution in [2.75, 3.05) is 0 Å². The molecule has 0 aliphatic carbocycles. The maximum atomic E-state index is 10.9. The number of carbonyl (C=O) groups excluding carboxylic acids is 1. The van der Waals surface area contributed by atoms with Gasteiger partial charge in [-0.2, -0.15) is 0 Å². The summed E-state index contributed by atoms with van der Waals surface area (Å²) in [4.78, 5) is 10.9. The van der Waals surface area contributed by atoms with Gasteiger partial charge in [0.2, 0.25) is 0 Å². The highest BCUT2D eigenvalue weighted by atomic mass is 127. The van der Waals surface area contributed by atoms with Gasteiger partial charge in [0.05, 0.1) is 6.61 Å². The van der Waals surface area contributed by atoms with Crippen molar-refractivity contribution in [1.82, 2.24) is 0 Å². The van der Waals surface area contributed by atoms with Gasteiger partial charge in [0.1, 0.15) is 5.60 Å². The molecule has 0 aliphatic heterocycles. The molecule has 0 bridgehead atoms. The molecule has 0 atom stereocenters. The van der Waals surface area contributed by atoms with Gasteiger partial charge in [-0.15, -0.1) is 0 Å². The molecule has 5 nitrogen and oxygen atoms in total. The number of aliphatic hydroxyl groups is 1. The summed E-state index contributed by atoms with van der Waals surface area (Å²) in [7, 11) is 0. The summed E-state index contributed by atoms with van der Waals surface area (Å²) in [5.41, 5.74) is 12.8. The molecule has 5 N–H and O–H groups in total. The molecule has 0 heterocycles. The van der Waals surface area contributed by atoms with Crippen LogP contribution in [0.1, 0.15) is 30.5 Å². The number of benzene rings is 1. The summed E-state index contributed by atoms with van der Waals surface area (Å²) in [5, 5.41) is 9.43. The van der Waals surface area contributed by atoms with Crippen LogP contribution in [-0.2, 0) is 24.3 Å². The maximum absolute atomic E-state index is 10.9. The predicted molar refractivity (Wildman–Crippen MR) is 81.4 cm³/mol. The number of nitrogens with two attached hydrogens (primary N) is 2. The van der Waals surface area contributed by atoms with E-state index < -0.39 is 11.7 Å². The smallest absolute Gasteiger partial charge is 0.405 e. The van der Waals surface area contributed by atoms with Gasteiger partial charge in [0.15, 0.2) is 0 Å². The molecule has 0 spiro atoms. The van der Waals surface area contributed by atoms with Crippen molar-refractivity contribution in [3.8, 4) is 0 Å². The van der Waals surface area contributed by atoms with Crippen LogP contribution in [0.2, 0.25) is 0 Å². The van der Waals surface area contributed by atoms with Crippen molar-refractivity contribution >= 4 is 28.7 Å². The van der Waals surface area contributed by atoms with Crippen LogP contribution in [0.15, 0.2) is 12.1 Å². The average Bonchev–Trinajstić information content (AvgIpc) is 2.28. The molecular weight excluding hydrogens is 359 g/mol. The summed E-state index contributed by atoms with van der Waals surface area (Å²) >= 11 is 2.16. The normalized spacial score (nSPS) is 11.4. The average molecular weight is 378 g/mol. The summed E-state index contributed by atoms with van der Waals surface area (Å²) in [6, 6.07) is 3.86. The van der Waals surface area contributed by atoms with Crippen LogP contribution < -0.4 is 11.5 Å². The molecule has 6 heteroatoms. The number of aliphatic hydroxyl groups excluding tert-OH is 1. The van der Waals surface area contributed by atoms with E-state index in [0.29, 0.717) is 13.0 Å². The lowest BCUT2D eigenvalue weighted by Crippen LogP contribution is -2.33. The zero-order valence-corrected chi connectivity index (χ0v) is 13.2. The predicted octanol–water partition coefficient (Wildman–Crippen LogP) is 1.66. The van der Waals surface area contributed by atoms with Crippen LogP contribution in [0.5, 0.6) is 0 Å². The van der Waals surface area contributed by atoms with E-state index in [-0.39, 0.29) is 6.61 Å². The standard InChI is InChI=1S/C13H19IN2O3/c1-13(2,19-12(16)18)5-8-3-4-11(14)10(7-17)9(8)6-15/h3-4,17H,5-7,15H2,1-2H3,(H2,16,18). The van der Waals surface area contributed by atoms with E-state index in [0.717, 1.165) is 20.3 Å². The first kappa shape index (κ1) is 16.2. The van der Waals surface area contributed by atoms with Crippen LogP contribution in [0.4, 0.5) is 4.79 Å². The minimum absolute atomic E-state index is 0.0598. The first-order chi connectivity index (χ1) is 8.80. The molecule has 0 fully saturated rings. The van der Waals surface area contributed by atoms with Crippen LogP contribution in [0.3, 0.4) is 0 Å². The van der Waals surface area contributed by atoms with Crippen molar-refractivity contribution in [1.29, 1.82) is 0 Å². The van der Waals surface area contributed by atoms with Crippen LogP contribution in [0, 0.1) is 3.57 Å². The number of halogens is 1. The Morgan fingerprint density at radius 2 is 2.05 bits per heavy atom. The van der Waals surface area contributed by atoms with E-state index in [1.807, 2.05) is 12.1 Å². The van der Waals surface area contributed by atoms with Crippen molar-refractivity contribution in [2.45, 2.75) is 39.0 Å². The van der Waals surface area contributed by atoms with E-state index in [4.69, 9.17) is 16.2 Å².